The summed E-state index contributed by atoms with van der Waals surface area (Å²) >= 11 is 0. The van der Waals surface area contributed by atoms with Gasteiger partial charge in [-0.2, -0.15) is 0 Å². The molecule has 78 valence electrons. The highest BCUT2D eigenvalue weighted by Crippen LogP contribution is 2.01. The molecule has 3 heteroatoms. The van der Waals surface area contributed by atoms with Crippen molar-refractivity contribution >= 4 is 5.91 Å². The Morgan fingerprint density at radius 1 is 1.31 bits per heavy atom. The minimum atomic E-state index is -0.307. The number of amides is 1. The summed E-state index contributed by atoms with van der Waals surface area (Å²) in [7, 11) is 0. The van der Waals surface area contributed by atoms with Crippen molar-refractivity contribution in [2.75, 3.05) is 6.54 Å². The molecule has 13 heavy (non-hydrogen) atoms. The molecule has 0 aliphatic rings. The second-order valence-corrected chi connectivity index (χ2v) is 3.39. The highest BCUT2D eigenvalue weighted by Gasteiger charge is 2.10. The predicted molar refractivity (Wildman–Crippen MR) is 55.4 cm³/mol. The minimum absolute atomic E-state index is 0.00190. The largest absolute Gasteiger partial charge is 0.355 e. The molecular weight excluding hydrogens is 164 g/mol. The Morgan fingerprint density at radius 2 is 2.00 bits per heavy atom. The Bertz CT molecular complexity index is 137. The van der Waals surface area contributed by atoms with Crippen molar-refractivity contribution in [2.45, 2.75) is 52.0 Å². The topological polar surface area (TPSA) is 55.1 Å². The number of unbranched alkanes of at least 4 members (excludes halogenated alkanes) is 2. The third kappa shape index (κ3) is 6.58. The van der Waals surface area contributed by atoms with Crippen LogP contribution in [0.4, 0.5) is 0 Å². The molecule has 1 unspecified atom stereocenters. The molecule has 0 aromatic rings. The molecule has 0 fully saturated rings. The van der Waals surface area contributed by atoms with E-state index in [-0.39, 0.29) is 11.9 Å². The lowest BCUT2D eigenvalue weighted by Crippen LogP contribution is -2.40. The van der Waals surface area contributed by atoms with Crippen LogP contribution in [0.3, 0.4) is 0 Å². The normalized spacial score (nSPS) is 12.5. The first-order chi connectivity index (χ1) is 6.22. The van der Waals surface area contributed by atoms with E-state index in [0.29, 0.717) is 0 Å². The van der Waals surface area contributed by atoms with Gasteiger partial charge in [0.15, 0.2) is 0 Å². The van der Waals surface area contributed by atoms with Crippen molar-refractivity contribution in [3.63, 3.8) is 0 Å². The van der Waals surface area contributed by atoms with Gasteiger partial charge in [-0.05, 0) is 12.8 Å². The zero-order chi connectivity index (χ0) is 10.1. The Balaban J connectivity index is 3.45. The minimum Gasteiger partial charge on any atom is -0.355 e. The SMILES string of the molecule is CCCCCC(N)C(=O)NCCC. The van der Waals surface area contributed by atoms with E-state index in [1.54, 1.807) is 0 Å². The first-order valence-corrected chi connectivity index (χ1v) is 5.25. The van der Waals surface area contributed by atoms with Crippen LogP contribution < -0.4 is 11.1 Å². The summed E-state index contributed by atoms with van der Waals surface area (Å²) in [6, 6.07) is -0.307. The summed E-state index contributed by atoms with van der Waals surface area (Å²) < 4.78 is 0. The fourth-order valence-electron chi connectivity index (χ4n) is 1.12. The van der Waals surface area contributed by atoms with Gasteiger partial charge in [0.25, 0.3) is 0 Å². The average molecular weight is 186 g/mol. The zero-order valence-corrected chi connectivity index (χ0v) is 8.81. The number of rotatable bonds is 7. The highest BCUT2D eigenvalue weighted by atomic mass is 16.2. The summed E-state index contributed by atoms with van der Waals surface area (Å²) in [5.74, 6) is -0.00190. The lowest BCUT2D eigenvalue weighted by Gasteiger charge is -2.10. The number of carbonyl (C=O) groups excluding carboxylic acids is 1. The van der Waals surface area contributed by atoms with Gasteiger partial charge >= 0.3 is 0 Å². The molecule has 0 radical (unpaired) electrons. The molecule has 0 aliphatic heterocycles. The molecule has 0 bridgehead atoms. The Morgan fingerprint density at radius 3 is 2.54 bits per heavy atom. The van der Waals surface area contributed by atoms with Gasteiger partial charge in [0, 0.05) is 6.54 Å². The molecule has 0 aromatic carbocycles. The summed E-state index contributed by atoms with van der Waals surface area (Å²) in [5, 5.41) is 2.80. The van der Waals surface area contributed by atoms with Gasteiger partial charge in [0.05, 0.1) is 6.04 Å². The second-order valence-electron chi connectivity index (χ2n) is 3.39. The Hall–Kier alpha value is -0.570. The maximum absolute atomic E-state index is 11.3. The van der Waals surface area contributed by atoms with Crippen molar-refractivity contribution < 1.29 is 4.79 Å². The second kappa shape index (κ2) is 8.05. The van der Waals surface area contributed by atoms with Crippen LogP contribution in [0.5, 0.6) is 0 Å². The van der Waals surface area contributed by atoms with Crippen molar-refractivity contribution in [3.05, 3.63) is 0 Å². The lowest BCUT2D eigenvalue weighted by molar-refractivity contribution is -0.122. The van der Waals surface area contributed by atoms with Crippen LogP contribution in [0.1, 0.15) is 46.0 Å². The van der Waals surface area contributed by atoms with Crippen molar-refractivity contribution in [3.8, 4) is 0 Å². The van der Waals surface area contributed by atoms with Gasteiger partial charge in [-0.1, -0.05) is 33.1 Å². The summed E-state index contributed by atoms with van der Waals surface area (Å²) in [6.07, 6.45) is 5.16. The third-order valence-corrected chi connectivity index (χ3v) is 2.00. The van der Waals surface area contributed by atoms with E-state index in [9.17, 15) is 4.79 Å². The molecule has 1 atom stereocenters. The molecule has 0 aromatic heterocycles. The third-order valence-electron chi connectivity index (χ3n) is 2.00. The van der Waals surface area contributed by atoms with E-state index in [1.807, 2.05) is 6.92 Å². The van der Waals surface area contributed by atoms with E-state index >= 15 is 0 Å². The molecule has 0 aliphatic carbocycles. The van der Waals surface area contributed by atoms with Crippen LogP contribution >= 0.6 is 0 Å². The van der Waals surface area contributed by atoms with Crippen LogP contribution in [0.15, 0.2) is 0 Å². The quantitative estimate of drug-likeness (QED) is 0.591. The highest BCUT2D eigenvalue weighted by molar-refractivity contribution is 5.81. The van der Waals surface area contributed by atoms with Gasteiger partial charge in [-0.25, -0.2) is 0 Å². The average Bonchev–Trinajstić information content (AvgIpc) is 2.14. The molecule has 0 heterocycles. The predicted octanol–water partition coefficient (Wildman–Crippen LogP) is 1.42. The monoisotopic (exact) mass is 186 g/mol. The Kier molecular flexibility index (Phi) is 7.69. The molecule has 1 amide bonds. The standard InChI is InChI=1S/C10H22N2O/c1-3-5-6-7-9(11)10(13)12-8-4-2/h9H,3-8,11H2,1-2H3,(H,12,13). The van der Waals surface area contributed by atoms with E-state index in [0.717, 1.165) is 32.2 Å². The van der Waals surface area contributed by atoms with Gasteiger partial charge in [-0.3, -0.25) is 4.79 Å². The molecular formula is C10H22N2O. The first-order valence-electron chi connectivity index (χ1n) is 5.25. The van der Waals surface area contributed by atoms with Crippen LogP contribution in [0.25, 0.3) is 0 Å². The maximum Gasteiger partial charge on any atom is 0.236 e. The van der Waals surface area contributed by atoms with Gasteiger partial charge in [0.2, 0.25) is 5.91 Å². The molecule has 3 N–H and O–H groups in total. The first kappa shape index (κ1) is 12.4. The number of hydrogen-bond acceptors (Lipinski definition) is 2. The lowest BCUT2D eigenvalue weighted by atomic mass is 10.1. The molecule has 3 nitrogen and oxygen atoms in total. The van der Waals surface area contributed by atoms with Crippen LogP contribution in [0, 0.1) is 0 Å². The molecule has 0 saturated carbocycles. The van der Waals surface area contributed by atoms with Crippen molar-refractivity contribution in [2.24, 2.45) is 5.73 Å². The number of nitrogens with one attached hydrogen (secondary N) is 1. The van der Waals surface area contributed by atoms with E-state index in [4.69, 9.17) is 5.73 Å². The van der Waals surface area contributed by atoms with Gasteiger partial charge < -0.3 is 11.1 Å². The smallest absolute Gasteiger partial charge is 0.236 e. The fourth-order valence-corrected chi connectivity index (χ4v) is 1.12. The van der Waals surface area contributed by atoms with Crippen LogP contribution in [-0.4, -0.2) is 18.5 Å². The van der Waals surface area contributed by atoms with E-state index in [1.165, 1.54) is 6.42 Å². The van der Waals surface area contributed by atoms with Gasteiger partial charge in [0.1, 0.15) is 0 Å². The fraction of sp³-hybridized carbons (Fsp3) is 0.900. The summed E-state index contributed by atoms with van der Waals surface area (Å²) in [5.41, 5.74) is 5.69. The number of nitrogens with two attached hydrogens (primary N) is 1. The van der Waals surface area contributed by atoms with E-state index < -0.39 is 0 Å². The number of carbonyl (C=O) groups is 1. The van der Waals surface area contributed by atoms with E-state index in [2.05, 4.69) is 12.2 Å². The summed E-state index contributed by atoms with van der Waals surface area (Å²) in [4.78, 5) is 11.3. The zero-order valence-electron chi connectivity index (χ0n) is 8.81. The van der Waals surface area contributed by atoms with Crippen LogP contribution in [-0.2, 0) is 4.79 Å². The van der Waals surface area contributed by atoms with Gasteiger partial charge in [-0.15, -0.1) is 0 Å². The van der Waals surface area contributed by atoms with Crippen molar-refractivity contribution in [1.82, 2.24) is 5.32 Å². The molecule has 0 spiro atoms. The maximum atomic E-state index is 11.3. The summed E-state index contributed by atoms with van der Waals surface area (Å²) in [6.45, 7) is 4.91. The van der Waals surface area contributed by atoms with Crippen LogP contribution in [0.2, 0.25) is 0 Å². The molecule has 0 saturated heterocycles. The molecule has 0 rings (SSSR count). The number of hydrogen-bond donors (Lipinski definition) is 2. The van der Waals surface area contributed by atoms with Crippen molar-refractivity contribution in [1.29, 1.82) is 0 Å². The Labute approximate surface area is 81.1 Å².